The number of benzene rings is 2. The van der Waals surface area contributed by atoms with Gasteiger partial charge >= 0.3 is 5.97 Å². The number of hydrogen-bond acceptors (Lipinski definition) is 5. The van der Waals surface area contributed by atoms with Crippen molar-refractivity contribution in [3.05, 3.63) is 58.6 Å². The van der Waals surface area contributed by atoms with Crippen LogP contribution >= 0.6 is 15.9 Å². The fourth-order valence-electron chi connectivity index (χ4n) is 3.68. The minimum Gasteiger partial charge on any atom is -0.462 e. The molecule has 0 spiro atoms. The number of aromatic nitrogens is 3. The van der Waals surface area contributed by atoms with Crippen molar-refractivity contribution in [1.29, 1.82) is 0 Å². The first-order chi connectivity index (χ1) is 15.1. The molecule has 6 nitrogen and oxygen atoms in total. The number of unbranched alkanes of at least 4 members (excludes halogenated alkanes) is 4. The average molecular weight is 481 g/mol. The van der Waals surface area contributed by atoms with Crippen molar-refractivity contribution in [3.8, 4) is 5.69 Å². The topological polar surface area (TPSA) is 83.0 Å². The third kappa shape index (κ3) is 4.42. The van der Waals surface area contributed by atoms with Gasteiger partial charge in [0, 0.05) is 4.47 Å². The Morgan fingerprint density at radius 2 is 1.77 bits per heavy atom. The minimum absolute atomic E-state index is 0.266. The first-order valence-corrected chi connectivity index (χ1v) is 11.4. The number of carbonyl (C=O) groups excluding carboxylic acids is 1. The molecule has 31 heavy (non-hydrogen) atoms. The summed E-state index contributed by atoms with van der Waals surface area (Å²) in [5.41, 5.74) is 9.98. The van der Waals surface area contributed by atoms with E-state index in [-0.39, 0.29) is 11.4 Å². The van der Waals surface area contributed by atoms with Crippen LogP contribution in [0.15, 0.2) is 53.0 Å². The van der Waals surface area contributed by atoms with Crippen LogP contribution in [0.1, 0.15) is 49.4 Å². The Hall–Kier alpha value is -2.93. The number of carbonyl (C=O) groups is 1. The monoisotopic (exact) mass is 480 g/mol. The standard InChI is InChI=1S/C24H25BrN4O2/c1-2-3-4-5-8-14-31-24(30)20-21-23(28-19-13-7-6-12-18(19)27-21)29(22(20)26)17-11-9-10-16(25)15-17/h6-7,9-13,15H,2-5,8,14,26H2,1H3. The van der Waals surface area contributed by atoms with Gasteiger partial charge in [0.15, 0.2) is 5.65 Å². The van der Waals surface area contributed by atoms with Crippen LogP contribution in [0.4, 0.5) is 5.82 Å². The molecule has 0 fully saturated rings. The Balaban J connectivity index is 1.76. The summed E-state index contributed by atoms with van der Waals surface area (Å²) in [7, 11) is 0. The Labute approximate surface area is 189 Å². The molecule has 0 aliphatic rings. The maximum atomic E-state index is 13.0. The second-order valence-electron chi connectivity index (χ2n) is 7.51. The van der Waals surface area contributed by atoms with E-state index in [1.165, 1.54) is 12.8 Å². The fourth-order valence-corrected chi connectivity index (χ4v) is 4.07. The van der Waals surface area contributed by atoms with Crippen LogP contribution in [0, 0.1) is 0 Å². The minimum atomic E-state index is -0.462. The van der Waals surface area contributed by atoms with Gasteiger partial charge in [0.2, 0.25) is 0 Å². The van der Waals surface area contributed by atoms with Gasteiger partial charge in [-0.05, 0) is 36.8 Å². The summed E-state index contributed by atoms with van der Waals surface area (Å²) in [4.78, 5) is 22.5. The smallest absolute Gasteiger partial charge is 0.344 e. The Morgan fingerprint density at radius 1 is 1.03 bits per heavy atom. The zero-order valence-electron chi connectivity index (χ0n) is 17.5. The molecule has 0 saturated heterocycles. The Bertz CT molecular complexity index is 1240. The summed E-state index contributed by atoms with van der Waals surface area (Å²) in [5.74, 6) is -0.185. The van der Waals surface area contributed by atoms with Crippen LogP contribution in [0.25, 0.3) is 27.9 Å². The molecule has 0 amide bonds. The van der Waals surface area contributed by atoms with Gasteiger partial charge in [0.1, 0.15) is 16.9 Å². The summed E-state index contributed by atoms with van der Waals surface area (Å²) in [6, 6.07) is 15.3. The molecule has 0 atom stereocenters. The lowest BCUT2D eigenvalue weighted by Gasteiger charge is -2.08. The summed E-state index contributed by atoms with van der Waals surface area (Å²) in [6.07, 6.45) is 5.41. The molecule has 0 saturated carbocycles. The van der Waals surface area contributed by atoms with Gasteiger partial charge in [-0.2, -0.15) is 0 Å². The maximum absolute atomic E-state index is 13.0. The molecular formula is C24H25BrN4O2. The van der Waals surface area contributed by atoms with Crippen molar-refractivity contribution in [3.63, 3.8) is 0 Å². The van der Waals surface area contributed by atoms with Crippen LogP contribution in [0.3, 0.4) is 0 Å². The van der Waals surface area contributed by atoms with Crippen LogP contribution in [-0.4, -0.2) is 27.1 Å². The molecule has 7 heteroatoms. The second-order valence-corrected chi connectivity index (χ2v) is 8.43. The molecule has 0 aliphatic carbocycles. The quantitative estimate of drug-likeness (QED) is 0.245. The van der Waals surface area contributed by atoms with Gasteiger partial charge < -0.3 is 10.5 Å². The maximum Gasteiger partial charge on any atom is 0.344 e. The zero-order valence-corrected chi connectivity index (χ0v) is 19.1. The normalized spacial score (nSPS) is 11.3. The van der Waals surface area contributed by atoms with E-state index >= 15 is 0 Å². The van der Waals surface area contributed by atoms with Crippen LogP contribution < -0.4 is 5.73 Å². The van der Waals surface area contributed by atoms with Crippen LogP contribution in [-0.2, 0) is 4.74 Å². The molecule has 0 bridgehead atoms. The highest BCUT2D eigenvalue weighted by Gasteiger charge is 2.26. The van der Waals surface area contributed by atoms with Crippen molar-refractivity contribution in [2.24, 2.45) is 0 Å². The van der Waals surface area contributed by atoms with Crippen molar-refractivity contribution in [2.45, 2.75) is 39.0 Å². The predicted octanol–water partition coefficient (Wildman–Crippen LogP) is 6.05. The number of nitrogen functional groups attached to an aromatic ring is 1. The molecule has 2 aromatic heterocycles. The van der Waals surface area contributed by atoms with E-state index in [9.17, 15) is 4.79 Å². The number of nitrogens with zero attached hydrogens (tertiary/aromatic N) is 3. The third-order valence-electron chi connectivity index (χ3n) is 5.25. The van der Waals surface area contributed by atoms with Gasteiger partial charge in [-0.25, -0.2) is 14.8 Å². The van der Waals surface area contributed by atoms with Crippen LogP contribution in [0.5, 0.6) is 0 Å². The molecule has 0 aliphatic heterocycles. The first-order valence-electron chi connectivity index (χ1n) is 10.6. The van der Waals surface area contributed by atoms with Gasteiger partial charge in [0.05, 0.1) is 23.3 Å². The number of anilines is 1. The molecule has 4 aromatic rings. The Morgan fingerprint density at radius 3 is 2.52 bits per heavy atom. The fraction of sp³-hybridized carbons (Fsp3) is 0.292. The zero-order chi connectivity index (χ0) is 21.8. The lowest BCUT2D eigenvalue weighted by atomic mass is 10.2. The first kappa shape index (κ1) is 21.3. The third-order valence-corrected chi connectivity index (χ3v) is 5.74. The van der Waals surface area contributed by atoms with E-state index in [1.54, 1.807) is 4.57 Å². The van der Waals surface area contributed by atoms with Gasteiger partial charge in [-0.3, -0.25) is 4.57 Å². The van der Waals surface area contributed by atoms with E-state index in [0.29, 0.717) is 23.3 Å². The van der Waals surface area contributed by atoms with Crippen molar-refractivity contribution < 1.29 is 9.53 Å². The molecule has 0 radical (unpaired) electrons. The lowest BCUT2D eigenvalue weighted by molar-refractivity contribution is 0.0501. The highest BCUT2D eigenvalue weighted by atomic mass is 79.9. The van der Waals surface area contributed by atoms with Crippen molar-refractivity contribution in [2.75, 3.05) is 12.3 Å². The number of esters is 1. The summed E-state index contributed by atoms with van der Waals surface area (Å²) in [5, 5.41) is 0. The molecular weight excluding hydrogens is 456 g/mol. The highest BCUT2D eigenvalue weighted by molar-refractivity contribution is 9.10. The van der Waals surface area contributed by atoms with Crippen molar-refractivity contribution in [1.82, 2.24) is 14.5 Å². The number of rotatable bonds is 8. The molecule has 4 rings (SSSR count). The number of halogens is 1. The number of fused-ring (bicyclic) bond motifs is 2. The van der Waals surface area contributed by atoms with E-state index in [2.05, 4.69) is 22.9 Å². The number of para-hydroxylation sites is 2. The summed E-state index contributed by atoms with van der Waals surface area (Å²) in [6.45, 7) is 2.54. The largest absolute Gasteiger partial charge is 0.462 e. The second kappa shape index (κ2) is 9.47. The van der Waals surface area contributed by atoms with Crippen LogP contribution in [0.2, 0.25) is 0 Å². The molecule has 2 N–H and O–H groups in total. The van der Waals surface area contributed by atoms with E-state index in [0.717, 1.165) is 34.9 Å². The SMILES string of the molecule is CCCCCCCOC(=O)c1c(N)n(-c2cccc(Br)c2)c2nc3ccccc3nc12. The molecule has 160 valence electrons. The van der Waals surface area contributed by atoms with E-state index in [4.69, 9.17) is 20.4 Å². The molecule has 2 heterocycles. The van der Waals surface area contributed by atoms with E-state index < -0.39 is 5.97 Å². The molecule has 0 unspecified atom stereocenters. The average Bonchev–Trinajstić information content (AvgIpc) is 3.05. The Kier molecular flexibility index (Phi) is 6.51. The number of ether oxygens (including phenoxy) is 1. The summed E-state index contributed by atoms with van der Waals surface area (Å²) >= 11 is 3.50. The summed E-state index contributed by atoms with van der Waals surface area (Å²) < 4.78 is 8.23. The molecule has 2 aromatic carbocycles. The van der Waals surface area contributed by atoms with Crippen molar-refractivity contribution >= 4 is 49.9 Å². The van der Waals surface area contributed by atoms with Gasteiger partial charge in [-0.1, -0.05) is 66.7 Å². The van der Waals surface area contributed by atoms with Gasteiger partial charge in [-0.15, -0.1) is 0 Å². The number of nitrogens with two attached hydrogens (primary N) is 1. The van der Waals surface area contributed by atoms with E-state index in [1.807, 2.05) is 48.5 Å². The highest BCUT2D eigenvalue weighted by Crippen LogP contribution is 2.32. The van der Waals surface area contributed by atoms with Gasteiger partial charge in [0.25, 0.3) is 0 Å². The lowest BCUT2D eigenvalue weighted by Crippen LogP contribution is -2.10. The predicted molar refractivity (Wildman–Crippen MR) is 128 cm³/mol. The number of hydrogen-bond donors (Lipinski definition) is 1.